The average molecular weight is 388 g/mol. The van der Waals surface area contributed by atoms with Crippen LogP contribution >= 0.6 is 0 Å². The normalized spacial score (nSPS) is 15.3. The van der Waals surface area contributed by atoms with Gasteiger partial charge in [-0.1, -0.05) is 18.2 Å². The van der Waals surface area contributed by atoms with Crippen LogP contribution in [0.15, 0.2) is 47.8 Å². The molecular weight excluding hydrogens is 368 g/mol. The minimum atomic E-state index is -3.54. The molecule has 0 amide bonds. The first-order valence-corrected chi connectivity index (χ1v) is 10.2. The topological polar surface area (TPSA) is 102 Å². The molecule has 0 unspecified atom stereocenters. The Balaban J connectivity index is 1.48. The van der Waals surface area contributed by atoms with E-state index in [1.54, 1.807) is 41.2 Å². The number of sulfonamides is 1. The molecular formula is C17H20N6O3S. The van der Waals surface area contributed by atoms with Crippen molar-refractivity contribution in [3.05, 3.63) is 42.9 Å². The maximum Gasteiger partial charge on any atom is 0.240 e. The predicted octanol–water partition coefficient (Wildman–Crippen LogP) is 0.641. The van der Waals surface area contributed by atoms with E-state index in [4.69, 9.17) is 4.74 Å². The Kier molecular flexibility index (Phi) is 5.01. The van der Waals surface area contributed by atoms with Crippen LogP contribution < -0.4 is 9.62 Å². The number of ether oxygens (including phenoxy) is 1. The Morgan fingerprint density at radius 1 is 1.11 bits per heavy atom. The van der Waals surface area contributed by atoms with Gasteiger partial charge < -0.3 is 9.64 Å². The van der Waals surface area contributed by atoms with Crippen LogP contribution in [-0.4, -0.2) is 61.0 Å². The number of hydrogen-bond donors (Lipinski definition) is 1. The summed E-state index contributed by atoms with van der Waals surface area (Å²) in [6.07, 6.45) is 3.24. The monoisotopic (exact) mass is 388 g/mol. The van der Waals surface area contributed by atoms with Crippen molar-refractivity contribution in [1.29, 1.82) is 0 Å². The van der Waals surface area contributed by atoms with E-state index < -0.39 is 10.0 Å². The average Bonchev–Trinajstić information content (AvgIpc) is 3.12. The SMILES string of the molecule is O=S(=O)(NCCn1ncc2c(N3CCOCC3)ncnc21)c1ccccc1. The first kappa shape index (κ1) is 17.8. The van der Waals surface area contributed by atoms with Crippen LogP contribution in [0.2, 0.25) is 0 Å². The molecule has 1 aliphatic heterocycles. The third-order valence-electron chi connectivity index (χ3n) is 4.39. The maximum atomic E-state index is 12.3. The van der Waals surface area contributed by atoms with Crippen molar-refractivity contribution < 1.29 is 13.2 Å². The van der Waals surface area contributed by atoms with E-state index in [2.05, 4.69) is 24.7 Å². The first-order valence-electron chi connectivity index (χ1n) is 8.69. The molecule has 27 heavy (non-hydrogen) atoms. The van der Waals surface area contributed by atoms with Gasteiger partial charge in [-0.25, -0.2) is 27.8 Å². The van der Waals surface area contributed by atoms with Gasteiger partial charge in [0.1, 0.15) is 12.1 Å². The van der Waals surface area contributed by atoms with Gasteiger partial charge >= 0.3 is 0 Å². The molecule has 1 aromatic carbocycles. The van der Waals surface area contributed by atoms with Crippen LogP contribution in [0.5, 0.6) is 0 Å². The summed E-state index contributed by atoms with van der Waals surface area (Å²) in [4.78, 5) is 11.1. The van der Waals surface area contributed by atoms with E-state index in [9.17, 15) is 8.42 Å². The summed E-state index contributed by atoms with van der Waals surface area (Å²) in [5.41, 5.74) is 0.686. The second-order valence-corrected chi connectivity index (χ2v) is 7.88. The molecule has 0 saturated carbocycles. The molecule has 1 N–H and O–H groups in total. The van der Waals surface area contributed by atoms with Gasteiger partial charge in [-0.3, -0.25) is 0 Å². The molecule has 0 aliphatic carbocycles. The van der Waals surface area contributed by atoms with Crippen LogP contribution in [0, 0.1) is 0 Å². The van der Waals surface area contributed by atoms with E-state index in [1.807, 2.05) is 0 Å². The van der Waals surface area contributed by atoms with Crippen molar-refractivity contribution >= 4 is 26.9 Å². The number of anilines is 1. The van der Waals surface area contributed by atoms with Crippen LogP contribution in [0.1, 0.15) is 0 Å². The van der Waals surface area contributed by atoms with E-state index in [0.29, 0.717) is 25.4 Å². The minimum absolute atomic E-state index is 0.213. The molecule has 0 atom stereocenters. The second-order valence-electron chi connectivity index (χ2n) is 6.11. The Hall–Kier alpha value is -2.56. The van der Waals surface area contributed by atoms with E-state index >= 15 is 0 Å². The molecule has 1 saturated heterocycles. The number of morpholine rings is 1. The lowest BCUT2D eigenvalue weighted by atomic mass is 10.3. The summed E-state index contributed by atoms with van der Waals surface area (Å²) >= 11 is 0. The van der Waals surface area contributed by atoms with Gasteiger partial charge in [-0.2, -0.15) is 5.10 Å². The number of fused-ring (bicyclic) bond motifs is 1. The fourth-order valence-electron chi connectivity index (χ4n) is 3.04. The van der Waals surface area contributed by atoms with Crippen LogP contribution in [0.3, 0.4) is 0 Å². The molecule has 10 heteroatoms. The molecule has 9 nitrogen and oxygen atoms in total. The summed E-state index contributed by atoms with van der Waals surface area (Å²) in [5, 5.41) is 5.22. The van der Waals surface area contributed by atoms with Crippen molar-refractivity contribution in [2.24, 2.45) is 0 Å². The van der Waals surface area contributed by atoms with Crippen molar-refractivity contribution in [1.82, 2.24) is 24.5 Å². The van der Waals surface area contributed by atoms with Crippen molar-refractivity contribution in [2.75, 3.05) is 37.7 Å². The minimum Gasteiger partial charge on any atom is -0.378 e. The number of nitrogens with one attached hydrogen (secondary N) is 1. The third kappa shape index (κ3) is 3.77. The fraction of sp³-hybridized carbons (Fsp3) is 0.353. The van der Waals surface area contributed by atoms with Gasteiger partial charge in [0, 0.05) is 19.6 Å². The molecule has 2 aromatic heterocycles. The highest BCUT2D eigenvalue weighted by Crippen LogP contribution is 2.23. The van der Waals surface area contributed by atoms with Gasteiger partial charge in [0.2, 0.25) is 10.0 Å². The second kappa shape index (κ2) is 7.59. The molecule has 0 bridgehead atoms. The Morgan fingerprint density at radius 3 is 2.67 bits per heavy atom. The van der Waals surface area contributed by atoms with Crippen molar-refractivity contribution in [3.8, 4) is 0 Å². The Morgan fingerprint density at radius 2 is 1.89 bits per heavy atom. The standard InChI is InChI=1S/C17H20N6O3S/c24-27(25,14-4-2-1-3-5-14)21-6-7-23-17-15(12-20-23)16(18-13-19-17)22-8-10-26-11-9-22/h1-5,12-13,21H,6-11H2. The summed E-state index contributed by atoms with van der Waals surface area (Å²) in [6.45, 7) is 3.46. The van der Waals surface area contributed by atoms with Crippen LogP contribution in [0.25, 0.3) is 11.0 Å². The van der Waals surface area contributed by atoms with Gasteiger partial charge in [-0.05, 0) is 12.1 Å². The number of rotatable bonds is 6. The largest absolute Gasteiger partial charge is 0.378 e. The zero-order valence-electron chi connectivity index (χ0n) is 14.7. The molecule has 142 valence electrons. The van der Waals surface area contributed by atoms with E-state index in [1.165, 1.54) is 6.33 Å². The lowest BCUT2D eigenvalue weighted by Crippen LogP contribution is -2.36. The maximum absolute atomic E-state index is 12.3. The van der Waals surface area contributed by atoms with Crippen molar-refractivity contribution in [3.63, 3.8) is 0 Å². The van der Waals surface area contributed by atoms with E-state index in [-0.39, 0.29) is 11.4 Å². The Labute approximate surface area is 157 Å². The fourth-order valence-corrected chi connectivity index (χ4v) is 4.08. The summed E-state index contributed by atoms with van der Waals surface area (Å²) in [7, 11) is -3.54. The van der Waals surface area contributed by atoms with Gasteiger partial charge in [0.25, 0.3) is 0 Å². The zero-order chi connectivity index (χ0) is 18.7. The molecule has 4 rings (SSSR count). The van der Waals surface area contributed by atoms with Crippen LogP contribution in [0.4, 0.5) is 5.82 Å². The summed E-state index contributed by atoms with van der Waals surface area (Å²) in [6, 6.07) is 8.29. The molecule has 0 spiro atoms. The van der Waals surface area contributed by atoms with E-state index in [0.717, 1.165) is 24.3 Å². The highest BCUT2D eigenvalue weighted by atomic mass is 32.2. The summed E-state index contributed by atoms with van der Waals surface area (Å²) in [5.74, 6) is 0.833. The van der Waals surface area contributed by atoms with Gasteiger partial charge in [-0.15, -0.1) is 0 Å². The smallest absolute Gasteiger partial charge is 0.240 e. The number of benzene rings is 1. The predicted molar refractivity (Wildman–Crippen MR) is 100.0 cm³/mol. The third-order valence-corrected chi connectivity index (χ3v) is 5.87. The van der Waals surface area contributed by atoms with Crippen LogP contribution in [-0.2, 0) is 21.3 Å². The molecule has 1 fully saturated rings. The van der Waals surface area contributed by atoms with Gasteiger partial charge in [0.05, 0.1) is 36.2 Å². The molecule has 3 aromatic rings. The number of nitrogens with zero attached hydrogens (tertiary/aromatic N) is 5. The molecule has 0 radical (unpaired) electrons. The van der Waals surface area contributed by atoms with Gasteiger partial charge in [0.15, 0.2) is 5.65 Å². The first-order chi connectivity index (χ1) is 13.1. The quantitative estimate of drug-likeness (QED) is 0.661. The highest BCUT2D eigenvalue weighted by molar-refractivity contribution is 7.89. The number of hydrogen-bond acceptors (Lipinski definition) is 7. The highest BCUT2D eigenvalue weighted by Gasteiger charge is 2.18. The molecule has 3 heterocycles. The molecule has 1 aliphatic rings. The Bertz CT molecular complexity index is 1020. The lowest BCUT2D eigenvalue weighted by Gasteiger charge is -2.27. The van der Waals surface area contributed by atoms with Crippen molar-refractivity contribution in [2.45, 2.75) is 11.4 Å². The lowest BCUT2D eigenvalue weighted by molar-refractivity contribution is 0.122. The number of aromatic nitrogens is 4. The summed E-state index contributed by atoms with van der Waals surface area (Å²) < 4.78 is 34.3. The zero-order valence-corrected chi connectivity index (χ0v) is 15.5.